The maximum Gasteiger partial charge on any atom is 0.317 e. The van der Waals surface area contributed by atoms with Gasteiger partial charge in [-0.15, -0.1) is 0 Å². The van der Waals surface area contributed by atoms with Gasteiger partial charge >= 0.3 is 6.03 Å². The average Bonchev–Trinajstić information content (AvgIpc) is 3.35. The van der Waals surface area contributed by atoms with Gasteiger partial charge < -0.3 is 15.3 Å². The first-order valence-corrected chi connectivity index (χ1v) is 8.50. The second kappa shape index (κ2) is 7.65. The molecule has 6 nitrogen and oxygen atoms in total. The number of aliphatic hydroxyl groups is 1. The van der Waals surface area contributed by atoms with Crippen molar-refractivity contribution in [2.45, 2.75) is 25.4 Å². The molecule has 3 rings (SSSR count). The molecule has 1 unspecified atom stereocenters. The quantitative estimate of drug-likeness (QED) is 0.805. The average molecular weight is 346 g/mol. The topological polar surface area (TPSA) is 70.4 Å². The maximum atomic E-state index is 13.0. The second-order valence-electron chi connectivity index (χ2n) is 6.50. The summed E-state index contributed by atoms with van der Waals surface area (Å²) in [5.74, 6) is 0.0699. The van der Waals surface area contributed by atoms with Gasteiger partial charge in [0.05, 0.1) is 17.5 Å². The fourth-order valence-electron chi connectivity index (χ4n) is 2.66. The van der Waals surface area contributed by atoms with E-state index in [-0.39, 0.29) is 11.8 Å². The number of amides is 2. The predicted molar refractivity (Wildman–Crippen MR) is 92.0 cm³/mol. The molecule has 0 spiro atoms. The Balaban J connectivity index is 1.44. The fourth-order valence-corrected chi connectivity index (χ4v) is 2.66. The molecule has 7 heteroatoms. The fraction of sp³-hybridized carbons (Fsp3) is 0.444. The summed E-state index contributed by atoms with van der Waals surface area (Å²) in [5, 5.41) is 17.1. The first-order valence-electron chi connectivity index (χ1n) is 8.50. The molecule has 0 saturated heterocycles. The minimum atomic E-state index is -0.429. The van der Waals surface area contributed by atoms with Gasteiger partial charge in [-0.3, -0.25) is 0 Å². The van der Waals surface area contributed by atoms with Crippen LogP contribution in [0.3, 0.4) is 0 Å². The molecule has 1 heterocycles. The van der Waals surface area contributed by atoms with Crippen LogP contribution in [0.25, 0.3) is 5.69 Å². The SMILES string of the molecule is CN(CC(O)C1CC1)C(=O)NCCc1ccn(-c2ccc(F)cc2)n1. The number of halogens is 1. The van der Waals surface area contributed by atoms with Crippen LogP contribution in [0.5, 0.6) is 0 Å². The molecular weight excluding hydrogens is 323 g/mol. The standard InChI is InChI=1S/C18H23FN4O2/c1-22(12-17(24)13-2-3-13)18(25)20-10-8-15-9-11-23(21-15)16-6-4-14(19)5-7-16/h4-7,9,11,13,17,24H,2-3,8,10,12H2,1H3,(H,20,25). The number of aliphatic hydroxyl groups excluding tert-OH is 1. The molecule has 1 aromatic carbocycles. The third-order valence-electron chi connectivity index (χ3n) is 4.37. The zero-order chi connectivity index (χ0) is 17.8. The predicted octanol–water partition coefficient (Wildman–Crippen LogP) is 1.97. The van der Waals surface area contributed by atoms with Crippen LogP contribution < -0.4 is 5.32 Å². The number of rotatable bonds is 7. The van der Waals surface area contributed by atoms with Crippen LogP contribution in [-0.2, 0) is 6.42 Å². The van der Waals surface area contributed by atoms with Crippen molar-refractivity contribution in [3.63, 3.8) is 0 Å². The highest BCUT2D eigenvalue weighted by Gasteiger charge is 2.31. The molecule has 0 aliphatic heterocycles. The molecule has 2 aromatic rings. The Morgan fingerprint density at radius 2 is 2.12 bits per heavy atom. The van der Waals surface area contributed by atoms with Crippen molar-refractivity contribution in [2.75, 3.05) is 20.1 Å². The van der Waals surface area contributed by atoms with Crippen molar-refractivity contribution in [3.8, 4) is 5.69 Å². The van der Waals surface area contributed by atoms with E-state index in [0.29, 0.717) is 25.4 Å². The minimum absolute atomic E-state index is 0.197. The van der Waals surface area contributed by atoms with Gasteiger partial charge in [0.25, 0.3) is 0 Å². The van der Waals surface area contributed by atoms with Crippen LogP contribution in [0.1, 0.15) is 18.5 Å². The van der Waals surface area contributed by atoms with E-state index in [1.165, 1.54) is 17.0 Å². The summed E-state index contributed by atoms with van der Waals surface area (Å²) in [6, 6.07) is 7.78. The molecule has 1 saturated carbocycles. The largest absolute Gasteiger partial charge is 0.391 e. The van der Waals surface area contributed by atoms with Gasteiger partial charge in [-0.1, -0.05) is 0 Å². The van der Waals surface area contributed by atoms with Crippen LogP contribution >= 0.6 is 0 Å². The van der Waals surface area contributed by atoms with Crippen molar-refractivity contribution < 1.29 is 14.3 Å². The molecule has 1 aliphatic carbocycles. The molecule has 1 aliphatic rings. The first-order chi connectivity index (χ1) is 12.0. The molecule has 1 atom stereocenters. The monoisotopic (exact) mass is 346 g/mol. The van der Waals surface area contributed by atoms with Gasteiger partial charge in [0.15, 0.2) is 0 Å². The van der Waals surface area contributed by atoms with Crippen molar-refractivity contribution in [2.24, 2.45) is 5.92 Å². The molecule has 0 bridgehead atoms. The van der Waals surface area contributed by atoms with E-state index in [0.717, 1.165) is 24.2 Å². The highest BCUT2D eigenvalue weighted by Crippen LogP contribution is 2.32. The smallest absolute Gasteiger partial charge is 0.317 e. The zero-order valence-corrected chi connectivity index (χ0v) is 14.2. The van der Waals surface area contributed by atoms with Gasteiger partial charge in [0.1, 0.15) is 5.82 Å². The van der Waals surface area contributed by atoms with Crippen LogP contribution in [-0.4, -0.2) is 52.1 Å². The van der Waals surface area contributed by atoms with E-state index in [1.807, 2.05) is 12.3 Å². The maximum absolute atomic E-state index is 13.0. The Bertz CT molecular complexity index is 712. The molecule has 0 radical (unpaired) electrons. The molecule has 2 amide bonds. The Morgan fingerprint density at radius 3 is 2.80 bits per heavy atom. The minimum Gasteiger partial charge on any atom is -0.391 e. The summed E-state index contributed by atoms with van der Waals surface area (Å²) >= 11 is 0. The molecule has 1 fully saturated rings. The second-order valence-corrected chi connectivity index (χ2v) is 6.50. The Kier molecular flexibility index (Phi) is 5.33. The summed E-state index contributed by atoms with van der Waals surface area (Å²) in [6.07, 6.45) is 4.07. The van der Waals surface area contributed by atoms with Crippen molar-refractivity contribution in [1.29, 1.82) is 0 Å². The summed E-state index contributed by atoms with van der Waals surface area (Å²) in [7, 11) is 1.68. The Labute approximate surface area is 146 Å². The van der Waals surface area contributed by atoms with Gasteiger partial charge in [-0.05, 0) is 49.1 Å². The third-order valence-corrected chi connectivity index (χ3v) is 4.37. The number of urea groups is 1. The normalized spacial score (nSPS) is 15.0. The van der Waals surface area contributed by atoms with E-state index in [4.69, 9.17) is 0 Å². The van der Waals surface area contributed by atoms with Crippen LogP contribution in [0, 0.1) is 11.7 Å². The van der Waals surface area contributed by atoms with E-state index >= 15 is 0 Å². The Hall–Kier alpha value is -2.41. The zero-order valence-electron chi connectivity index (χ0n) is 14.2. The number of nitrogens with zero attached hydrogens (tertiary/aromatic N) is 3. The highest BCUT2D eigenvalue weighted by atomic mass is 19.1. The summed E-state index contributed by atoms with van der Waals surface area (Å²) in [4.78, 5) is 13.5. The summed E-state index contributed by atoms with van der Waals surface area (Å²) in [5.41, 5.74) is 1.62. The molecule has 134 valence electrons. The number of carbonyl (C=O) groups excluding carboxylic acids is 1. The number of aromatic nitrogens is 2. The van der Waals surface area contributed by atoms with Gasteiger partial charge in [0, 0.05) is 32.8 Å². The third kappa shape index (κ3) is 4.79. The van der Waals surface area contributed by atoms with Crippen LogP contribution in [0.4, 0.5) is 9.18 Å². The molecular formula is C18H23FN4O2. The van der Waals surface area contributed by atoms with Gasteiger partial charge in [-0.25, -0.2) is 13.9 Å². The van der Waals surface area contributed by atoms with Crippen LogP contribution in [0.2, 0.25) is 0 Å². The lowest BCUT2D eigenvalue weighted by Crippen LogP contribution is -2.42. The lowest BCUT2D eigenvalue weighted by atomic mass is 10.2. The number of benzene rings is 1. The van der Waals surface area contributed by atoms with Crippen LogP contribution in [0.15, 0.2) is 36.5 Å². The molecule has 1 aromatic heterocycles. The first kappa shape index (κ1) is 17.4. The van der Waals surface area contributed by atoms with E-state index in [1.54, 1.807) is 23.9 Å². The summed E-state index contributed by atoms with van der Waals surface area (Å²) in [6.45, 7) is 0.818. The Morgan fingerprint density at radius 1 is 1.40 bits per heavy atom. The highest BCUT2D eigenvalue weighted by molar-refractivity contribution is 5.73. The lowest BCUT2D eigenvalue weighted by Gasteiger charge is -2.21. The molecule has 2 N–H and O–H groups in total. The van der Waals surface area contributed by atoms with Gasteiger partial charge in [0.2, 0.25) is 0 Å². The van der Waals surface area contributed by atoms with Crippen molar-refractivity contribution in [1.82, 2.24) is 20.0 Å². The number of likely N-dealkylation sites (N-methyl/N-ethyl adjacent to an activating group) is 1. The van der Waals surface area contributed by atoms with E-state index in [9.17, 15) is 14.3 Å². The van der Waals surface area contributed by atoms with E-state index in [2.05, 4.69) is 10.4 Å². The number of hydrogen-bond acceptors (Lipinski definition) is 3. The number of hydrogen-bond donors (Lipinski definition) is 2. The van der Waals surface area contributed by atoms with E-state index < -0.39 is 6.10 Å². The summed E-state index contributed by atoms with van der Waals surface area (Å²) < 4.78 is 14.6. The van der Waals surface area contributed by atoms with Gasteiger partial charge in [-0.2, -0.15) is 5.10 Å². The lowest BCUT2D eigenvalue weighted by molar-refractivity contribution is 0.113. The molecule has 25 heavy (non-hydrogen) atoms. The van der Waals surface area contributed by atoms with Crippen molar-refractivity contribution >= 4 is 6.03 Å². The number of nitrogens with one attached hydrogen (secondary N) is 1. The number of carbonyl (C=O) groups is 1. The van der Waals surface area contributed by atoms with Crippen molar-refractivity contribution in [3.05, 3.63) is 48.0 Å².